The second-order valence-electron chi connectivity index (χ2n) is 4.84. The summed E-state index contributed by atoms with van der Waals surface area (Å²) in [6, 6.07) is 0. The minimum atomic E-state index is -0.409. The van der Waals surface area contributed by atoms with E-state index in [9.17, 15) is 4.79 Å². The van der Waals surface area contributed by atoms with Crippen LogP contribution in [0.2, 0.25) is 0 Å². The van der Waals surface area contributed by atoms with E-state index in [-0.39, 0.29) is 5.91 Å². The molecule has 2 atom stereocenters. The molecule has 1 amide bonds. The van der Waals surface area contributed by atoms with Crippen molar-refractivity contribution in [2.75, 3.05) is 13.1 Å². The molecule has 2 N–H and O–H groups in total. The first kappa shape index (κ1) is 15.4. The molecule has 0 aromatic carbocycles. The van der Waals surface area contributed by atoms with Crippen LogP contribution in [0.25, 0.3) is 0 Å². The van der Waals surface area contributed by atoms with E-state index in [4.69, 9.17) is 0 Å². The summed E-state index contributed by atoms with van der Waals surface area (Å²) >= 11 is 0. The molecular formula is C13H28N2O. The summed E-state index contributed by atoms with van der Waals surface area (Å²) in [6.07, 6.45) is 3.04. The van der Waals surface area contributed by atoms with Crippen LogP contribution in [0.15, 0.2) is 0 Å². The van der Waals surface area contributed by atoms with Gasteiger partial charge < -0.3 is 10.6 Å². The smallest absolute Gasteiger partial charge is 0.240 e. The SMILES string of the molecule is CCCC(C)(NCC(C)CC)C(=O)NCC. The van der Waals surface area contributed by atoms with Gasteiger partial charge in [0.25, 0.3) is 0 Å². The lowest BCUT2D eigenvalue weighted by molar-refractivity contribution is -0.127. The van der Waals surface area contributed by atoms with Crippen molar-refractivity contribution in [1.82, 2.24) is 10.6 Å². The Bertz CT molecular complexity index is 206. The second kappa shape index (κ2) is 7.66. The van der Waals surface area contributed by atoms with Gasteiger partial charge in [0.15, 0.2) is 0 Å². The van der Waals surface area contributed by atoms with E-state index in [0.717, 1.165) is 25.8 Å². The highest BCUT2D eigenvalue weighted by atomic mass is 16.2. The number of amides is 1. The molecule has 16 heavy (non-hydrogen) atoms. The predicted molar refractivity (Wildman–Crippen MR) is 69.5 cm³/mol. The average Bonchev–Trinajstić information content (AvgIpc) is 2.26. The van der Waals surface area contributed by atoms with E-state index >= 15 is 0 Å². The van der Waals surface area contributed by atoms with Crippen molar-refractivity contribution in [3.63, 3.8) is 0 Å². The molecular weight excluding hydrogens is 200 g/mol. The molecule has 0 bridgehead atoms. The number of hydrogen-bond donors (Lipinski definition) is 2. The van der Waals surface area contributed by atoms with Gasteiger partial charge in [0.2, 0.25) is 5.91 Å². The highest BCUT2D eigenvalue weighted by molar-refractivity contribution is 5.85. The van der Waals surface area contributed by atoms with Crippen molar-refractivity contribution >= 4 is 5.91 Å². The van der Waals surface area contributed by atoms with E-state index in [1.54, 1.807) is 0 Å². The molecule has 3 nitrogen and oxygen atoms in total. The van der Waals surface area contributed by atoms with Crippen LogP contribution in [0.1, 0.15) is 53.9 Å². The second-order valence-corrected chi connectivity index (χ2v) is 4.84. The third-order valence-corrected chi connectivity index (χ3v) is 3.13. The van der Waals surface area contributed by atoms with E-state index in [1.807, 2.05) is 13.8 Å². The number of carbonyl (C=O) groups excluding carboxylic acids is 1. The van der Waals surface area contributed by atoms with Gasteiger partial charge in [-0.2, -0.15) is 0 Å². The quantitative estimate of drug-likeness (QED) is 0.669. The van der Waals surface area contributed by atoms with Gasteiger partial charge in [-0.15, -0.1) is 0 Å². The number of rotatable bonds is 8. The van der Waals surface area contributed by atoms with Crippen molar-refractivity contribution in [2.24, 2.45) is 5.92 Å². The predicted octanol–water partition coefficient (Wildman–Crippen LogP) is 2.32. The van der Waals surface area contributed by atoms with Crippen molar-refractivity contribution in [2.45, 2.75) is 59.4 Å². The van der Waals surface area contributed by atoms with Crippen LogP contribution in [0, 0.1) is 5.92 Å². The van der Waals surface area contributed by atoms with Gasteiger partial charge in [-0.05, 0) is 32.7 Å². The maximum atomic E-state index is 12.0. The van der Waals surface area contributed by atoms with Crippen LogP contribution in [-0.2, 0) is 4.79 Å². The third-order valence-electron chi connectivity index (χ3n) is 3.13. The Morgan fingerprint density at radius 1 is 1.31 bits per heavy atom. The summed E-state index contributed by atoms with van der Waals surface area (Å²) in [7, 11) is 0. The van der Waals surface area contributed by atoms with Crippen molar-refractivity contribution in [3.8, 4) is 0 Å². The minimum Gasteiger partial charge on any atom is -0.355 e. The molecule has 0 aromatic rings. The number of carbonyl (C=O) groups is 1. The summed E-state index contributed by atoms with van der Waals surface area (Å²) in [5.41, 5.74) is -0.409. The highest BCUT2D eigenvalue weighted by Crippen LogP contribution is 2.13. The Hall–Kier alpha value is -0.570. The van der Waals surface area contributed by atoms with Crippen molar-refractivity contribution in [1.29, 1.82) is 0 Å². The summed E-state index contributed by atoms with van der Waals surface area (Å²) < 4.78 is 0. The first-order chi connectivity index (χ1) is 7.50. The van der Waals surface area contributed by atoms with Gasteiger partial charge in [-0.3, -0.25) is 4.79 Å². The van der Waals surface area contributed by atoms with Crippen molar-refractivity contribution in [3.05, 3.63) is 0 Å². The minimum absolute atomic E-state index is 0.125. The van der Waals surface area contributed by atoms with Gasteiger partial charge >= 0.3 is 0 Å². The fourth-order valence-electron chi connectivity index (χ4n) is 1.68. The molecule has 0 aliphatic rings. The van der Waals surface area contributed by atoms with Gasteiger partial charge in [-0.1, -0.05) is 33.6 Å². The lowest BCUT2D eigenvalue weighted by Crippen LogP contribution is -2.55. The molecule has 0 fully saturated rings. The van der Waals surface area contributed by atoms with Crippen LogP contribution in [0.4, 0.5) is 0 Å². The van der Waals surface area contributed by atoms with Crippen LogP contribution < -0.4 is 10.6 Å². The molecule has 96 valence electrons. The van der Waals surface area contributed by atoms with Crippen LogP contribution in [0.5, 0.6) is 0 Å². The fourth-order valence-corrected chi connectivity index (χ4v) is 1.68. The fraction of sp³-hybridized carbons (Fsp3) is 0.923. The molecule has 0 aliphatic heterocycles. The molecule has 0 rings (SSSR count). The molecule has 3 heteroatoms. The monoisotopic (exact) mass is 228 g/mol. The Morgan fingerprint density at radius 3 is 2.38 bits per heavy atom. The third kappa shape index (κ3) is 4.97. The van der Waals surface area contributed by atoms with E-state index in [2.05, 4.69) is 31.4 Å². The van der Waals surface area contributed by atoms with Crippen LogP contribution >= 0.6 is 0 Å². The van der Waals surface area contributed by atoms with Gasteiger partial charge in [0, 0.05) is 6.54 Å². The first-order valence-corrected chi connectivity index (χ1v) is 6.53. The molecule has 0 saturated carbocycles. The van der Waals surface area contributed by atoms with Gasteiger partial charge in [-0.25, -0.2) is 0 Å². The molecule has 0 aliphatic carbocycles. The Morgan fingerprint density at radius 2 is 1.94 bits per heavy atom. The summed E-state index contributed by atoms with van der Waals surface area (Å²) in [6.45, 7) is 12.1. The Balaban J connectivity index is 4.37. The van der Waals surface area contributed by atoms with Gasteiger partial charge in [0.05, 0.1) is 5.54 Å². The van der Waals surface area contributed by atoms with Crippen LogP contribution in [0.3, 0.4) is 0 Å². The molecule has 2 unspecified atom stereocenters. The van der Waals surface area contributed by atoms with Crippen molar-refractivity contribution < 1.29 is 4.79 Å². The van der Waals surface area contributed by atoms with E-state index < -0.39 is 5.54 Å². The highest BCUT2D eigenvalue weighted by Gasteiger charge is 2.31. The molecule has 0 spiro atoms. The summed E-state index contributed by atoms with van der Waals surface area (Å²) in [4.78, 5) is 12.0. The zero-order valence-corrected chi connectivity index (χ0v) is 11.5. The number of hydrogen-bond acceptors (Lipinski definition) is 2. The zero-order chi connectivity index (χ0) is 12.6. The molecule has 0 aromatic heterocycles. The first-order valence-electron chi connectivity index (χ1n) is 6.53. The summed E-state index contributed by atoms with van der Waals surface area (Å²) in [5, 5.41) is 6.33. The van der Waals surface area contributed by atoms with Gasteiger partial charge in [0.1, 0.15) is 0 Å². The molecule has 0 heterocycles. The van der Waals surface area contributed by atoms with E-state index in [1.165, 1.54) is 0 Å². The molecule has 0 radical (unpaired) electrons. The maximum Gasteiger partial charge on any atom is 0.240 e. The zero-order valence-electron chi connectivity index (χ0n) is 11.5. The topological polar surface area (TPSA) is 41.1 Å². The average molecular weight is 228 g/mol. The Labute approximate surface area is 100 Å². The lowest BCUT2D eigenvalue weighted by atomic mass is 9.93. The summed E-state index contributed by atoms with van der Waals surface area (Å²) in [5.74, 6) is 0.741. The largest absolute Gasteiger partial charge is 0.355 e. The number of likely N-dealkylation sites (N-methyl/N-ethyl adjacent to an activating group) is 1. The van der Waals surface area contributed by atoms with E-state index in [0.29, 0.717) is 12.5 Å². The Kier molecular flexibility index (Phi) is 7.39. The molecule has 0 saturated heterocycles. The lowest BCUT2D eigenvalue weighted by Gasteiger charge is -2.30. The van der Waals surface area contributed by atoms with Crippen LogP contribution in [-0.4, -0.2) is 24.5 Å². The normalized spacial score (nSPS) is 16.6. The standard InChI is InChI=1S/C13H28N2O/c1-6-9-13(5,12(16)14-8-3)15-10-11(4)7-2/h11,15H,6-10H2,1-5H3,(H,14,16). The maximum absolute atomic E-state index is 12.0. The number of nitrogens with one attached hydrogen (secondary N) is 2.